The molecular weight excluding hydrogens is 228 g/mol. The Hall–Kier alpha value is -0.180. The van der Waals surface area contributed by atoms with E-state index in [1.807, 2.05) is 11.8 Å². The molecular formula is C14H28N2S. The maximum Gasteiger partial charge on any atom is 0.157 e. The fourth-order valence-electron chi connectivity index (χ4n) is 1.93. The summed E-state index contributed by atoms with van der Waals surface area (Å²) in [4.78, 5) is 4.74. The van der Waals surface area contributed by atoms with Gasteiger partial charge in [0, 0.05) is 11.8 Å². The molecule has 0 aromatic carbocycles. The van der Waals surface area contributed by atoms with Crippen LogP contribution in [0.15, 0.2) is 4.99 Å². The van der Waals surface area contributed by atoms with Crippen molar-refractivity contribution in [3.63, 3.8) is 0 Å². The average molecular weight is 256 g/mol. The van der Waals surface area contributed by atoms with E-state index in [4.69, 9.17) is 4.99 Å². The molecule has 0 radical (unpaired) electrons. The lowest BCUT2D eigenvalue weighted by atomic mass is 10.0. The van der Waals surface area contributed by atoms with Crippen LogP contribution >= 0.6 is 11.8 Å². The second kappa shape index (κ2) is 7.30. The summed E-state index contributed by atoms with van der Waals surface area (Å²) in [6.07, 6.45) is 3.90. The van der Waals surface area contributed by atoms with E-state index >= 15 is 0 Å². The van der Waals surface area contributed by atoms with Crippen molar-refractivity contribution in [3.05, 3.63) is 0 Å². The van der Waals surface area contributed by atoms with Crippen molar-refractivity contribution in [2.45, 2.75) is 66.0 Å². The predicted octanol–water partition coefficient (Wildman–Crippen LogP) is 3.92. The van der Waals surface area contributed by atoms with Crippen LogP contribution in [0.4, 0.5) is 0 Å². The van der Waals surface area contributed by atoms with Crippen LogP contribution in [0.3, 0.4) is 0 Å². The van der Waals surface area contributed by atoms with E-state index in [-0.39, 0.29) is 0 Å². The maximum atomic E-state index is 4.74. The van der Waals surface area contributed by atoms with Gasteiger partial charge >= 0.3 is 0 Å². The van der Waals surface area contributed by atoms with E-state index < -0.39 is 0 Å². The van der Waals surface area contributed by atoms with Crippen LogP contribution in [0, 0.1) is 11.8 Å². The van der Waals surface area contributed by atoms with Gasteiger partial charge in [-0.25, -0.2) is 0 Å². The zero-order chi connectivity index (χ0) is 12.8. The molecule has 1 aliphatic rings. The van der Waals surface area contributed by atoms with E-state index in [9.17, 15) is 0 Å². The maximum absolute atomic E-state index is 4.74. The predicted molar refractivity (Wildman–Crippen MR) is 79.8 cm³/mol. The van der Waals surface area contributed by atoms with Crippen LogP contribution in [0.2, 0.25) is 0 Å². The molecule has 0 saturated carbocycles. The van der Waals surface area contributed by atoms with Crippen LogP contribution in [0.1, 0.15) is 53.9 Å². The van der Waals surface area contributed by atoms with Crippen LogP contribution in [0.5, 0.6) is 0 Å². The molecule has 1 aliphatic heterocycles. The number of nitrogens with one attached hydrogen (secondary N) is 1. The van der Waals surface area contributed by atoms with Crippen molar-refractivity contribution < 1.29 is 0 Å². The highest BCUT2D eigenvalue weighted by molar-refractivity contribution is 8.14. The summed E-state index contributed by atoms with van der Waals surface area (Å²) in [5.74, 6) is 2.64. The molecule has 0 saturated heterocycles. The van der Waals surface area contributed by atoms with Gasteiger partial charge in [-0.2, -0.15) is 0 Å². The van der Waals surface area contributed by atoms with Gasteiger partial charge in [-0.1, -0.05) is 52.3 Å². The molecule has 2 nitrogen and oxygen atoms in total. The minimum Gasteiger partial charge on any atom is -0.362 e. The minimum absolute atomic E-state index is 0.519. The first-order valence-corrected chi connectivity index (χ1v) is 7.94. The topological polar surface area (TPSA) is 24.4 Å². The summed E-state index contributed by atoms with van der Waals surface area (Å²) in [5.41, 5.74) is 0. The van der Waals surface area contributed by atoms with Crippen LogP contribution < -0.4 is 5.32 Å². The smallest absolute Gasteiger partial charge is 0.157 e. The molecule has 0 aromatic rings. The van der Waals surface area contributed by atoms with Gasteiger partial charge in [0.25, 0.3) is 0 Å². The summed E-state index contributed by atoms with van der Waals surface area (Å²) in [7, 11) is 0. The van der Waals surface area contributed by atoms with Crippen LogP contribution in [-0.4, -0.2) is 23.0 Å². The molecule has 0 spiro atoms. The summed E-state index contributed by atoms with van der Waals surface area (Å²) in [5, 5.41) is 4.72. The van der Waals surface area contributed by atoms with Crippen LogP contribution in [-0.2, 0) is 0 Å². The third-order valence-electron chi connectivity index (χ3n) is 3.23. The molecule has 17 heavy (non-hydrogen) atoms. The number of nitrogens with zero attached hydrogens (tertiary/aromatic N) is 1. The van der Waals surface area contributed by atoms with Crippen molar-refractivity contribution in [2.75, 3.05) is 5.75 Å². The highest BCUT2D eigenvalue weighted by atomic mass is 32.2. The average Bonchev–Trinajstić information content (AvgIpc) is 2.65. The Morgan fingerprint density at radius 1 is 1.24 bits per heavy atom. The Bertz CT molecular complexity index is 249. The summed E-state index contributed by atoms with van der Waals surface area (Å²) in [6.45, 7) is 11.4. The molecule has 0 aliphatic carbocycles. The summed E-state index contributed by atoms with van der Waals surface area (Å²) >= 11 is 1.89. The first kappa shape index (κ1) is 14.9. The van der Waals surface area contributed by atoms with E-state index in [2.05, 4.69) is 39.9 Å². The van der Waals surface area contributed by atoms with Gasteiger partial charge in [0.1, 0.15) is 0 Å². The van der Waals surface area contributed by atoms with Crippen molar-refractivity contribution in [1.29, 1.82) is 0 Å². The lowest BCUT2D eigenvalue weighted by Gasteiger charge is -2.15. The summed E-state index contributed by atoms with van der Waals surface area (Å²) < 4.78 is 0. The first-order valence-electron chi connectivity index (χ1n) is 6.96. The minimum atomic E-state index is 0.519. The van der Waals surface area contributed by atoms with Gasteiger partial charge < -0.3 is 5.32 Å². The van der Waals surface area contributed by atoms with Crippen molar-refractivity contribution in [1.82, 2.24) is 5.32 Å². The van der Waals surface area contributed by atoms with Crippen molar-refractivity contribution in [2.24, 2.45) is 16.8 Å². The third-order valence-corrected chi connectivity index (χ3v) is 4.24. The van der Waals surface area contributed by atoms with Gasteiger partial charge in [-0.3, -0.25) is 4.99 Å². The molecule has 0 fully saturated rings. The van der Waals surface area contributed by atoms with E-state index in [0.717, 1.165) is 11.7 Å². The number of rotatable bonds is 6. The lowest BCUT2D eigenvalue weighted by Crippen LogP contribution is -2.29. The molecule has 2 unspecified atom stereocenters. The molecule has 100 valence electrons. The van der Waals surface area contributed by atoms with Gasteiger partial charge in [0.05, 0.1) is 6.04 Å². The van der Waals surface area contributed by atoms with Gasteiger partial charge in [-0.05, 0) is 25.2 Å². The summed E-state index contributed by atoms with van der Waals surface area (Å²) in [6, 6.07) is 1.08. The number of thioether (sulfide) groups is 1. The zero-order valence-corrected chi connectivity index (χ0v) is 12.8. The molecule has 1 rings (SSSR count). The Kier molecular flexibility index (Phi) is 6.39. The quantitative estimate of drug-likeness (QED) is 0.779. The van der Waals surface area contributed by atoms with Crippen molar-refractivity contribution in [3.8, 4) is 0 Å². The standard InChI is InChI=1S/C14H28N2S/c1-10(2)7-6-8-12(5)15-14-16-13(9-17-14)11(3)4/h10-13H,6-9H2,1-5H3,(H,15,16). The van der Waals surface area contributed by atoms with Gasteiger partial charge in [0.15, 0.2) is 5.17 Å². The molecule has 0 bridgehead atoms. The normalized spacial score (nSPS) is 22.1. The molecule has 3 heteroatoms. The molecule has 0 aromatic heterocycles. The first-order chi connectivity index (χ1) is 7.99. The van der Waals surface area contributed by atoms with Crippen LogP contribution in [0.25, 0.3) is 0 Å². The second-order valence-electron chi connectivity index (χ2n) is 5.93. The number of amidine groups is 1. The van der Waals surface area contributed by atoms with Gasteiger partial charge in [-0.15, -0.1) is 0 Å². The van der Waals surface area contributed by atoms with E-state index in [0.29, 0.717) is 18.0 Å². The Morgan fingerprint density at radius 3 is 2.47 bits per heavy atom. The molecule has 2 atom stereocenters. The Labute approximate surface area is 111 Å². The highest BCUT2D eigenvalue weighted by Gasteiger charge is 2.21. The molecule has 1 N–H and O–H groups in total. The fraction of sp³-hybridized carbons (Fsp3) is 0.929. The van der Waals surface area contributed by atoms with Gasteiger partial charge in [0.2, 0.25) is 0 Å². The second-order valence-corrected chi connectivity index (χ2v) is 6.94. The molecule has 1 heterocycles. The van der Waals surface area contributed by atoms with E-state index in [1.54, 1.807) is 0 Å². The lowest BCUT2D eigenvalue weighted by molar-refractivity contribution is 0.494. The number of hydrogen-bond acceptors (Lipinski definition) is 3. The SMILES string of the molecule is CC(C)CCCC(C)NC1=NC(C(C)C)CS1. The fourth-order valence-corrected chi connectivity index (χ4v) is 3.21. The number of aliphatic imine (C=N–C) groups is 1. The third kappa shape index (κ3) is 5.80. The van der Waals surface area contributed by atoms with E-state index in [1.165, 1.54) is 24.4 Å². The zero-order valence-electron chi connectivity index (χ0n) is 12.0. The Balaban J connectivity index is 2.23. The highest BCUT2D eigenvalue weighted by Crippen LogP contribution is 2.22. The molecule has 0 amide bonds. The Morgan fingerprint density at radius 2 is 1.94 bits per heavy atom. The number of hydrogen-bond donors (Lipinski definition) is 1. The largest absolute Gasteiger partial charge is 0.362 e. The van der Waals surface area contributed by atoms with Crippen molar-refractivity contribution >= 4 is 16.9 Å². The monoisotopic (exact) mass is 256 g/mol.